The fourth-order valence-corrected chi connectivity index (χ4v) is 2.54. The Morgan fingerprint density at radius 2 is 1.83 bits per heavy atom. The van der Waals surface area contributed by atoms with Gasteiger partial charge in [0.2, 0.25) is 0 Å². The Balaban J connectivity index is 1.73. The quantitative estimate of drug-likeness (QED) is 0.474. The molecule has 0 aliphatic heterocycles. The van der Waals surface area contributed by atoms with Crippen LogP contribution in [0.25, 0.3) is 0 Å². The van der Waals surface area contributed by atoms with E-state index in [2.05, 4.69) is 15.8 Å². The van der Waals surface area contributed by atoms with Gasteiger partial charge in [-0.2, -0.15) is 5.10 Å². The highest BCUT2D eigenvalue weighted by Gasteiger charge is 2.15. The Labute approximate surface area is 167 Å². The number of hydrogen-bond donors (Lipinski definition) is 2. The van der Waals surface area contributed by atoms with Crippen molar-refractivity contribution < 1.29 is 23.5 Å². The minimum absolute atomic E-state index is 0.142. The van der Waals surface area contributed by atoms with Crippen LogP contribution >= 0.6 is 0 Å². The van der Waals surface area contributed by atoms with E-state index >= 15 is 0 Å². The highest BCUT2D eigenvalue weighted by atomic mass is 16.5. The molecule has 0 unspecified atom stereocenters. The normalized spacial score (nSPS) is 10.6. The van der Waals surface area contributed by atoms with E-state index in [0.717, 1.165) is 0 Å². The van der Waals surface area contributed by atoms with Crippen molar-refractivity contribution in [3.8, 4) is 11.5 Å². The van der Waals surface area contributed by atoms with Gasteiger partial charge in [-0.1, -0.05) is 12.1 Å². The molecular formula is C21H19N3O5. The third kappa shape index (κ3) is 4.81. The Hall–Kier alpha value is -4.07. The summed E-state index contributed by atoms with van der Waals surface area (Å²) in [6.45, 7) is 0. The van der Waals surface area contributed by atoms with Gasteiger partial charge in [-0.3, -0.25) is 9.59 Å². The lowest BCUT2D eigenvalue weighted by Gasteiger charge is -2.09. The predicted octanol–water partition coefficient (Wildman–Crippen LogP) is 3.31. The molecular weight excluding hydrogens is 374 g/mol. The van der Waals surface area contributed by atoms with Gasteiger partial charge in [-0.15, -0.1) is 0 Å². The molecule has 8 heteroatoms. The summed E-state index contributed by atoms with van der Waals surface area (Å²) < 4.78 is 15.5. The first kappa shape index (κ1) is 19.7. The molecule has 29 heavy (non-hydrogen) atoms. The zero-order valence-corrected chi connectivity index (χ0v) is 15.8. The first-order valence-electron chi connectivity index (χ1n) is 8.61. The number of furan rings is 1. The maximum absolute atomic E-state index is 12.5. The van der Waals surface area contributed by atoms with E-state index in [1.165, 1.54) is 25.7 Å². The minimum atomic E-state index is -0.488. The van der Waals surface area contributed by atoms with Crippen LogP contribution in [0.4, 0.5) is 5.69 Å². The van der Waals surface area contributed by atoms with Crippen molar-refractivity contribution >= 4 is 23.7 Å². The summed E-state index contributed by atoms with van der Waals surface area (Å²) in [7, 11) is 3.09. The van der Waals surface area contributed by atoms with Gasteiger partial charge >= 0.3 is 0 Å². The smallest absolute Gasteiger partial charge is 0.291 e. The molecule has 3 aromatic rings. The van der Waals surface area contributed by atoms with E-state index in [1.54, 1.807) is 55.6 Å². The molecule has 0 saturated heterocycles. The fourth-order valence-electron chi connectivity index (χ4n) is 2.54. The molecule has 1 aromatic heterocycles. The lowest BCUT2D eigenvalue weighted by atomic mass is 10.1. The monoisotopic (exact) mass is 393 g/mol. The molecule has 0 saturated carbocycles. The molecule has 0 atom stereocenters. The van der Waals surface area contributed by atoms with Gasteiger partial charge in [0, 0.05) is 5.56 Å². The Morgan fingerprint density at radius 3 is 2.55 bits per heavy atom. The molecule has 0 radical (unpaired) electrons. The SMILES string of the molecule is COc1ccc(OC)c(/C=N/NC(=O)c2ccccc2NC(=O)c2ccco2)c1. The van der Waals surface area contributed by atoms with E-state index < -0.39 is 11.8 Å². The van der Waals surface area contributed by atoms with Crippen LogP contribution in [0.2, 0.25) is 0 Å². The van der Waals surface area contributed by atoms with Crippen LogP contribution in [-0.4, -0.2) is 32.2 Å². The summed E-state index contributed by atoms with van der Waals surface area (Å²) in [6, 6.07) is 14.9. The number of amides is 2. The van der Waals surface area contributed by atoms with Crippen molar-refractivity contribution in [1.82, 2.24) is 5.43 Å². The van der Waals surface area contributed by atoms with Gasteiger partial charge in [0.15, 0.2) is 5.76 Å². The first-order chi connectivity index (χ1) is 14.1. The zero-order chi connectivity index (χ0) is 20.6. The molecule has 0 aliphatic rings. The molecule has 0 bridgehead atoms. The number of para-hydroxylation sites is 1. The Kier molecular flexibility index (Phi) is 6.26. The zero-order valence-electron chi connectivity index (χ0n) is 15.8. The van der Waals surface area contributed by atoms with Crippen LogP contribution in [0.1, 0.15) is 26.5 Å². The van der Waals surface area contributed by atoms with Gasteiger partial charge < -0.3 is 19.2 Å². The fraction of sp³-hybridized carbons (Fsp3) is 0.0952. The standard InChI is InChI=1S/C21H19N3O5/c1-27-15-9-10-18(28-2)14(12-15)13-22-24-20(25)16-6-3-4-7-17(16)23-21(26)19-8-5-11-29-19/h3-13H,1-2H3,(H,23,26)(H,24,25)/b22-13+. The van der Waals surface area contributed by atoms with Crippen LogP contribution in [0.15, 0.2) is 70.4 Å². The average Bonchev–Trinajstić information content (AvgIpc) is 3.29. The van der Waals surface area contributed by atoms with E-state index in [1.807, 2.05) is 0 Å². The molecule has 1 heterocycles. The number of nitrogens with zero attached hydrogens (tertiary/aromatic N) is 1. The number of methoxy groups -OCH3 is 2. The van der Waals surface area contributed by atoms with Crippen molar-refractivity contribution in [2.75, 3.05) is 19.5 Å². The average molecular weight is 393 g/mol. The highest BCUT2D eigenvalue weighted by Crippen LogP contribution is 2.22. The number of nitrogens with one attached hydrogen (secondary N) is 2. The lowest BCUT2D eigenvalue weighted by Crippen LogP contribution is -2.21. The topological polar surface area (TPSA) is 102 Å². The van der Waals surface area contributed by atoms with Crippen LogP contribution in [0, 0.1) is 0 Å². The molecule has 0 spiro atoms. The second kappa shape index (κ2) is 9.23. The Bertz CT molecular complexity index is 1030. The van der Waals surface area contributed by atoms with E-state index in [4.69, 9.17) is 13.9 Å². The molecule has 0 fully saturated rings. The first-order valence-corrected chi connectivity index (χ1v) is 8.61. The van der Waals surface area contributed by atoms with Crippen LogP contribution in [0.3, 0.4) is 0 Å². The Morgan fingerprint density at radius 1 is 1.00 bits per heavy atom. The van der Waals surface area contributed by atoms with Crippen LogP contribution in [0.5, 0.6) is 11.5 Å². The van der Waals surface area contributed by atoms with Crippen LogP contribution < -0.4 is 20.2 Å². The maximum Gasteiger partial charge on any atom is 0.291 e. The van der Waals surface area contributed by atoms with Gasteiger partial charge in [0.25, 0.3) is 11.8 Å². The van der Waals surface area contributed by atoms with Crippen molar-refractivity contribution in [2.24, 2.45) is 5.10 Å². The van der Waals surface area contributed by atoms with Crippen molar-refractivity contribution in [3.05, 3.63) is 77.7 Å². The molecule has 8 nitrogen and oxygen atoms in total. The number of carbonyl (C=O) groups is 2. The number of hydrogen-bond acceptors (Lipinski definition) is 6. The third-order valence-electron chi connectivity index (χ3n) is 3.97. The lowest BCUT2D eigenvalue weighted by molar-refractivity contribution is 0.0956. The van der Waals surface area contributed by atoms with Gasteiger partial charge in [-0.05, 0) is 42.5 Å². The summed E-state index contributed by atoms with van der Waals surface area (Å²) >= 11 is 0. The largest absolute Gasteiger partial charge is 0.497 e. The van der Waals surface area contributed by atoms with Gasteiger partial charge in [-0.25, -0.2) is 5.43 Å². The van der Waals surface area contributed by atoms with E-state index in [-0.39, 0.29) is 11.3 Å². The van der Waals surface area contributed by atoms with E-state index in [0.29, 0.717) is 22.7 Å². The third-order valence-corrected chi connectivity index (χ3v) is 3.97. The van der Waals surface area contributed by atoms with Gasteiger partial charge in [0.1, 0.15) is 11.5 Å². The van der Waals surface area contributed by atoms with Crippen molar-refractivity contribution in [3.63, 3.8) is 0 Å². The van der Waals surface area contributed by atoms with E-state index in [9.17, 15) is 9.59 Å². The molecule has 0 aliphatic carbocycles. The molecule has 2 N–H and O–H groups in total. The summed E-state index contributed by atoms with van der Waals surface area (Å²) in [5, 5.41) is 6.63. The molecule has 2 aromatic carbocycles. The predicted molar refractivity (Wildman–Crippen MR) is 108 cm³/mol. The summed E-state index contributed by atoms with van der Waals surface area (Å²) in [4.78, 5) is 24.7. The van der Waals surface area contributed by atoms with Crippen molar-refractivity contribution in [1.29, 1.82) is 0 Å². The number of ether oxygens (including phenoxy) is 2. The maximum atomic E-state index is 12.5. The number of benzene rings is 2. The second-order valence-electron chi connectivity index (χ2n) is 5.78. The number of hydrazone groups is 1. The van der Waals surface area contributed by atoms with Crippen molar-refractivity contribution in [2.45, 2.75) is 0 Å². The number of rotatable bonds is 7. The second-order valence-corrected chi connectivity index (χ2v) is 5.78. The molecule has 3 rings (SSSR count). The number of carbonyl (C=O) groups excluding carboxylic acids is 2. The summed E-state index contributed by atoms with van der Waals surface area (Å²) in [5.74, 6) is 0.404. The summed E-state index contributed by atoms with van der Waals surface area (Å²) in [6.07, 6.45) is 2.85. The van der Waals surface area contributed by atoms with Gasteiger partial charge in [0.05, 0.1) is 37.9 Å². The number of anilines is 1. The van der Waals surface area contributed by atoms with Crippen LogP contribution in [-0.2, 0) is 0 Å². The molecule has 2 amide bonds. The highest BCUT2D eigenvalue weighted by molar-refractivity contribution is 6.08. The minimum Gasteiger partial charge on any atom is -0.497 e. The summed E-state index contributed by atoms with van der Waals surface area (Å²) in [5.41, 5.74) is 3.66. The molecule has 148 valence electrons.